The molecular formula is C25H23ClN4O4. The lowest BCUT2D eigenvalue weighted by Gasteiger charge is -2.08. The van der Waals surface area contributed by atoms with E-state index in [0.29, 0.717) is 27.7 Å². The molecule has 3 N–H and O–H groups in total. The summed E-state index contributed by atoms with van der Waals surface area (Å²) in [5.41, 5.74) is 6.00. The number of rotatable bonds is 7. The van der Waals surface area contributed by atoms with Crippen LogP contribution in [0.15, 0.2) is 71.8 Å². The molecule has 0 aliphatic heterocycles. The van der Waals surface area contributed by atoms with Gasteiger partial charge in [-0.25, -0.2) is 5.43 Å². The fraction of sp³-hybridized carbons (Fsp3) is 0.120. The first-order valence-corrected chi connectivity index (χ1v) is 10.7. The summed E-state index contributed by atoms with van der Waals surface area (Å²) in [6.45, 7) is 3.68. The summed E-state index contributed by atoms with van der Waals surface area (Å²) in [5.74, 6) is -1.62. The lowest BCUT2D eigenvalue weighted by atomic mass is 10.1. The van der Waals surface area contributed by atoms with Crippen molar-refractivity contribution in [3.8, 4) is 5.75 Å². The van der Waals surface area contributed by atoms with Crippen LogP contribution in [0.25, 0.3) is 0 Å². The number of hydrazone groups is 1. The SMILES string of the molecule is Cc1ccc(NC(=O)C(=O)NN=Cc2cccc(OCC(=O)Nc3ccc(Cl)cc3)c2)cc1C. The van der Waals surface area contributed by atoms with Crippen molar-refractivity contribution in [1.82, 2.24) is 5.43 Å². The maximum absolute atomic E-state index is 12.1. The van der Waals surface area contributed by atoms with Crippen LogP contribution in [0.3, 0.4) is 0 Å². The highest BCUT2D eigenvalue weighted by atomic mass is 35.5. The van der Waals surface area contributed by atoms with Crippen molar-refractivity contribution < 1.29 is 19.1 Å². The van der Waals surface area contributed by atoms with Crippen LogP contribution in [0.2, 0.25) is 5.02 Å². The van der Waals surface area contributed by atoms with E-state index >= 15 is 0 Å². The minimum atomic E-state index is -0.902. The Morgan fingerprint density at radius 3 is 2.35 bits per heavy atom. The molecule has 0 saturated heterocycles. The number of halogens is 1. The van der Waals surface area contributed by atoms with E-state index in [1.165, 1.54) is 6.21 Å². The van der Waals surface area contributed by atoms with E-state index in [1.54, 1.807) is 60.7 Å². The van der Waals surface area contributed by atoms with E-state index < -0.39 is 11.8 Å². The van der Waals surface area contributed by atoms with Gasteiger partial charge in [0.25, 0.3) is 5.91 Å². The van der Waals surface area contributed by atoms with Crippen LogP contribution in [0.1, 0.15) is 16.7 Å². The molecule has 8 nitrogen and oxygen atoms in total. The van der Waals surface area contributed by atoms with Gasteiger partial charge in [-0.2, -0.15) is 5.10 Å². The summed E-state index contributed by atoms with van der Waals surface area (Å²) in [6, 6.07) is 18.8. The highest BCUT2D eigenvalue weighted by Gasteiger charge is 2.13. The quantitative estimate of drug-likeness (QED) is 0.270. The number of nitrogens with zero attached hydrogens (tertiary/aromatic N) is 1. The summed E-state index contributed by atoms with van der Waals surface area (Å²) in [5, 5.41) is 9.60. The normalized spacial score (nSPS) is 10.6. The molecule has 0 aromatic heterocycles. The highest BCUT2D eigenvalue weighted by molar-refractivity contribution is 6.39. The molecule has 3 amide bonds. The van der Waals surface area contributed by atoms with Crippen molar-refractivity contribution in [2.24, 2.45) is 5.10 Å². The number of carbonyl (C=O) groups is 3. The van der Waals surface area contributed by atoms with Gasteiger partial charge in [-0.05, 0) is 79.1 Å². The number of hydrogen-bond acceptors (Lipinski definition) is 5. The molecule has 3 rings (SSSR count). The molecule has 3 aromatic carbocycles. The van der Waals surface area contributed by atoms with Crippen LogP contribution >= 0.6 is 11.6 Å². The molecular weight excluding hydrogens is 456 g/mol. The molecule has 0 spiro atoms. The van der Waals surface area contributed by atoms with Gasteiger partial charge in [0, 0.05) is 16.4 Å². The molecule has 0 saturated carbocycles. The van der Waals surface area contributed by atoms with E-state index in [0.717, 1.165) is 11.1 Å². The number of carbonyl (C=O) groups excluding carboxylic acids is 3. The van der Waals surface area contributed by atoms with E-state index in [2.05, 4.69) is 21.2 Å². The van der Waals surface area contributed by atoms with Gasteiger partial charge in [0.1, 0.15) is 5.75 Å². The summed E-state index contributed by atoms with van der Waals surface area (Å²) in [4.78, 5) is 36.1. The van der Waals surface area contributed by atoms with E-state index in [-0.39, 0.29) is 12.5 Å². The fourth-order valence-electron chi connectivity index (χ4n) is 2.79. The molecule has 0 fully saturated rings. The summed E-state index contributed by atoms with van der Waals surface area (Å²) >= 11 is 5.82. The molecule has 0 bridgehead atoms. The molecule has 0 unspecified atom stereocenters. The van der Waals surface area contributed by atoms with Gasteiger partial charge in [0.2, 0.25) is 0 Å². The van der Waals surface area contributed by atoms with Gasteiger partial charge < -0.3 is 15.4 Å². The Hall–Kier alpha value is -4.17. The Balaban J connectivity index is 1.48. The number of anilines is 2. The molecule has 0 atom stereocenters. The van der Waals surface area contributed by atoms with Crippen LogP contribution in [-0.2, 0) is 14.4 Å². The minimum Gasteiger partial charge on any atom is -0.484 e. The van der Waals surface area contributed by atoms with Crippen molar-refractivity contribution in [3.63, 3.8) is 0 Å². The Morgan fingerprint density at radius 1 is 0.882 bits per heavy atom. The standard InChI is InChI=1S/C25H23ClN4O4/c1-16-6-9-21(12-17(16)2)29-24(32)25(33)30-27-14-18-4-3-5-22(13-18)34-15-23(31)28-20-10-7-19(26)8-11-20/h3-14H,15H2,1-2H3,(H,28,31)(H,29,32)(H,30,33). The van der Waals surface area contributed by atoms with Crippen LogP contribution in [0, 0.1) is 13.8 Å². The second kappa shape index (κ2) is 11.6. The maximum atomic E-state index is 12.1. The van der Waals surface area contributed by atoms with Gasteiger partial charge >= 0.3 is 11.8 Å². The first-order valence-electron chi connectivity index (χ1n) is 10.3. The summed E-state index contributed by atoms with van der Waals surface area (Å²) in [7, 11) is 0. The molecule has 9 heteroatoms. The largest absolute Gasteiger partial charge is 0.484 e. The number of amides is 3. The minimum absolute atomic E-state index is 0.196. The van der Waals surface area contributed by atoms with E-state index in [1.807, 2.05) is 19.9 Å². The van der Waals surface area contributed by atoms with Crippen molar-refractivity contribution in [2.45, 2.75) is 13.8 Å². The van der Waals surface area contributed by atoms with Crippen molar-refractivity contribution in [3.05, 3.63) is 88.4 Å². The van der Waals surface area contributed by atoms with Crippen LogP contribution in [0.4, 0.5) is 11.4 Å². The zero-order valence-electron chi connectivity index (χ0n) is 18.6. The van der Waals surface area contributed by atoms with Gasteiger partial charge in [-0.3, -0.25) is 14.4 Å². The molecule has 0 heterocycles. The smallest absolute Gasteiger partial charge is 0.329 e. The number of nitrogens with one attached hydrogen (secondary N) is 3. The van der Waals surface area contributed by atoms with Crippen molar-refractivity contribution >= 4 is 46.9 Å². The van der Waals surface area contributed by atoms with Crippen molar-refractivity contribution in [1.29, 1.82) is 0 Å². The molecule has 0 aliphatic carbocycles. The average molecular weight is 479 g/mol. The first kappa shape index (κ1) is 24.5. The van der Waals surface area contributed by atoms with E-state index in [4.69, 9.17) is 16.3 Å². The van der Waals surface area contributed by atoms with Gasteiger partial charge in [0.05, 0.1) is 6.21 Å². The maximum Gasteiger partial charge on any atom is 0.329 e. The monoisotopic (exact) mass is 478 g/mol. The second-order valence-electron chi connectivity index (χ2n) is 7.37. The predicted molar refractivity (Wildman–Crippen MR) is 132 cm³/mol. The number of ether oxygens (including phenoxy) is 1. The third-order valence-corrected chi connectivity index (χ3v) is 4.96. The Labute approximate surface area is 202 Å². The third-order valence-electron chi connectivity index (χ3n) is 4.71. The van der Waals surface area contributed by atoms with Crippen LogP contribution < -0.4 is 20.8 Å². The Kier molecular flexibility index (Phi) is 8.37. The molecule has 174 valence electrons. The fourth-order valence-corrected chi connectivity index (χ4v) is 2.91. The molecule has 0 radical (unpaired) electrons. The molecule has 0 aliphatic rings. The number of hydrogen-bond donors (Lipinski definition) is 3. The second-order valence-corrected chi connectivity index (χ2v) is 7.80. The van der Waals surface area contributed by atoms with Crippen LogP contribution in [0.5, 0.6) is 5.75 Å². The highest BCUT2D eigenvalue weighted by Crippen LogP contribution is 2.15. The van der Waals surface area contributed by atoms with Crippen LogP contribution in [-0.4, -0.2) is 30.5 Å². The average Bonchev–Trinajstić information content (AvgIpc) is 2.82. The van der Waals surface area contributed by atoms with E-state index in [9.17, 15) is 14.4 Å². The predicted octanol–water partition coefficient (Wildman–Crippen LogP) is 4.06. The summed E-state index contributed by atoms with van der Waals surface area (Å²) < 4.78 is 5.50. The number of benzene rings is 3. The summed E-state index contributed by atoms with van der Waals surface area (Å²) in [6.07, 6.45) is 1.36. The Morgan fingerprint density at radius 2 is 1.62 bits per heavy atom. The topological polar surface area (TPSA) is 109 Å². The molecule has 34 heavy (non-hydrogen) atoms. The van der Waals surface area contributed by atoms with Gasteiger partial charge in [-0.1, -0.05) is 29.8 Å². The van der Waals surface area contributed by atoms with Gasteiger partial charge in [-0.15, -0.1) is 0 Å². The molecule has 3 aromatic rings. The number of aryl methyl sites for hydroxylation is 2. The van der Waals surface area contributed by atoms with Crippen molar-refractivity contribution in [2.75, 3.05) is 17.2 Å². The van der Waals surface area contributed by atoms with Gasteiger partial charge in [0.15, 0.2) is 6.61 Å². The Bertz CT molecular complexity index is 1230. The zero-order chi connectivity index (χ0) is 24.5. The lowest BCUT2D eigenvalue weighted by molar-refractivity contribution is -0.136. The lowest BCUT2D eigenvalue weighted by Crippen LogP contribution is -2.32. The third kappa shape index (κ3) is 7.46. The zero-order valence-corrected chi connectivity index (χ0v) is 19.3. The first-order chi connectivity index (χ1) is 16.3.